The molecule has 2 fully saturated rings. The first kappa shape index (κ1) is 11.8. The highest BCUT2D eigenvalue weighted by Gasteiger charge is 2.44. The summed E-state index contributed by atoms with van der Waals surface area (Å²) >= 11 is 4.98. The number of thiocarbonyl (C=S) groups is 1. The average Bonchev–Trinajstić information content (AvgIpc) is 2.95. The van der Waals surface area contributed by atoms with Crippen LogP contribution in [0.2, 0.25) is 0 Å². The Morgan fingerprint density at radius 3 is 2.75 bits per heavy atom. The van der Waals surface area contributed by atoms with Gasteiger partial charge in [0.05, 0.1) is 4.99 Å². The zero-order chi connectivity index (χ0) is 11.6. The SMILES string of the molecule is NC(=S)CC1(CN2CCCCCC2=O)CC1. The molecule has 3 nitrogen and oxygen atoms in total. The molecule has 16 heavy (non-hydrogen) atoms. The topological polar surface area (TPSA) is 46.3 Å². The Morgan fingerprint density at radius 2 is 2.12 bits per heavy atom. The third-order valence-corrected chi connectivity index (χ3v) is 3.85. The van der Waals surface area contributed by atoms with Crippen LogP contribution in [0, 0.1) is 5.41 Å². The van der Waals surface area contributed by atoms with Crippen molar-refractivity contribution in [2.45, 2.75) is 44.9 Å². The molecule has 1 aliphatic carbocycles. The van der Waals surface area contributed by atoms with Gasteiger partial charge in [-0.3, -0.25) is 4.79 Å². The monoisotopic (exact) mass is 240 g/mol. The quantitative estimate of drug-likeness (QED) is 0.763. The standard InChI is InChI=1S/C12H20N2OS/c13-10(16)8-12(5-6-12)9-14-7-3-1-2-4-11(14)15/h1-9H2,(H2,13,16). The highest BCUT2D eigenvalue weighted by molar-refractivity contribution is 7.80. The normalized spacial score (nSPS) is 24.0. The molecule has 90 valence electrons. The van der Waals surface area contributed by atoms with Crippen molar-refractivity contribution in [3.63, 3.8) is 0 Å². The predicted molar refractivity (Wildman–Crippen MR) is 68.1 cm³/mol. The van der Waals surface area contributed by atoms with E-state index >= 15 is 0 Å². The Balaban J connectivity index is 1.92. The van der Waals surface area contributed by atoms with Crippen LogP contribution in [0.15, 0.2) is 0 Å². The van der Waals surface area contributed by atoms with E-state index in [9.17, 15) is 4.79 Å². The van der Waals surface area contributed by atoms with E-state index in [0.29, 0.717) is 10.9 Å². The molecular formula is C12H20N2OS. The fourth-order valence-electron chi connectivity index (χ4n) is 2.55. The number of nitrogens with two attached hydrogens (primary N) is 1. The molecule has 2 rings (SSSR count). The fraction of sp³-hybridized carbons (Fsp3) is 0.833. The summed E-state index contributed by atoms with van der Waals surface area (Å²) in [5.41, 5.74) is 5.86. The minimum Gasteiger partial charge on any atom is -0.393 e. The molecule has 0 spiro atoms. The molecule has 0 radical (unpaired) electrons. The average molecular weight is 240 g/mol. The van der Waals surface area contributed by atoms with Crippen molar-refractivity contribution in [1.82, 2.24) is 4.90 Å². The molecule has 1 saturated heterocycles. The van der Waals surface area contributed by atoms with E-state index in [1.807, 2.05) is 4.90 Å². The van der Waals surface area contributed by atoms with E-state index in [1.165, 1.54) is 19.3 Å². The molecule has 0 atom stereocenters. The molecular weight excluding hydrogens is 220 g/mol. The lowest BCUT2D eigenvalue weighted by molar-refractivity contribution is -0.131. The van der Waals surface area contributed by atoms with Gasteiger partial charge in [-0.05, 0) is 31.1 Å². The van der Waals surface area contributed by atoms with Crippen molar-refractivity contribution in [2.24, 2.45) is 11.1 Å². The molecule has 0 aromatic heterocycles. The Morgan fingerprint density at radius 1 is 1.38 bits per heavy atom. The Kier molecular flexibility index (Phi) is 3.47. The molecule has 0 unspecified atom stereocenters. The number of carbonyl (C=O) groups excluding carboxylic acids is 1. The summed E-state index contributed by atoms with van der Waals surface area (Å²) in [4.78, 5) is 14.5. The van der Waals surface area contributed by atoms with Crippen molar-refractivity contribution in [1.29, 1.82) is 0 Å². The first-order valence-electron chi connectivity index (χ1n) is 6.17. The van der Waals surface area contributed by atoms with Crippen LogP contribution in [0.3, 0.4) is 0 Å². The first-order chi connectivity index (χ1) is 7.61. The van der Waals surface area contributed by atoms with Crippen LogP contribution in [0.1, 0.15) is 44.9 Å². The molecule has 1 aliphatic heterocycles. The second-order valence-electron chi connectivity index (χ2n) is 5.27. The molecule has 0 aromatic carbocycles. The Hall–Kier alpha value is -0.640. The van der Waals surface area contributed by atoms with Gasteiger partial charge in [0.1, 0.15) is 0 Å². The van der Waals surface area contributed by atoms with Crippen molar-refractivity contribution in [2.75, 3.05) is 13.1 Å². The minimum absolute atomic E-state index is 0.242. The molecule has 1 saturated carbocycles. The number of amides is 1. The minimum atomic E-state index is 0.242. The van der Waals surface area contributed by atoms with E-state index in [0.717, 1.165) is 38.8 Å². The molecule has 4 heteroatoms. The molecule has 1 heterocycles. The Bertz CT molecular complexity index is 299. The van der Waals surface area contributed by atoms with E-state index in [4.69, 9.17) is 18.0 Å². The van der Waals surface area contributed by atoms with Crippen LogP contribution < -0.4 is 5.73 Å². The van der Waals surface area contributed by atoms with Gasteiger partial charge in [0.25, 0.3) is 0 Å². The highest BCUT2D eigenvalue weighted by Crippen LogP contribution is 2.49. The molecule has 2 N–H and O–H groups in total. The number of nitrogens with zero attached hydrogens (tertiary/aromatic N) is 1. The largest absolute Gasteiger partial charge is 0.393 e. The summed E-state index contributed by atoms with van der Waals surface area (Å²) < 4.78 is 0. The van der Waals surface area contributed by atoms with Crippen molar-refractivity contribution >= 4 is 23.1 Å². The molecule has 0 bridgehead atoms. The van der Waals surface area contributed by atoms with Gasteiger partial charge in [-0.15, -0.1) is 0 Å². The van der Waals surface area contributed by atoms with Crippen molar-refractivity contribution in [3.8, 4) is 0 Å². The van der Waals surface area contributed by atoms with Gasteiger partial charge >= 0.3 is 0 Å². The second-order valence-corrected chi connectivity index (χ2v) is 5.79. The van der Waals surface area contributed by atoms with Gasteiger partial charge in [-0.2, -0.15) is 0 Å². The van der Waals surface area contributed by atoms with Crippen LogP contribution in [0.4, 0.5) is 0 Å². The van der Waals surface area contributed by atoms with Gasteiger partial charge in [0, 0.05) is 25.9 Å². The molecule has 0 aromatic rings. The van der Waals surface area contributed by atoms with Gasteiger partial charge in [0.15, 0.2) is 0 Å². The number of carbonyl (C=O) groups is 1. The van der Waals surface area contributed by atoms with Crippen molar-refractivity contribution < 1.29 is 4.79 Å². The number of hydrogen-bond acceptors (Lipinski definition) is 2. The summed E-state index contributed by atoms with van der Waals surface area (Å²) in [6.07, 6.45) is 7.27. The maximum atomic E-state index is 11.9. The third-order valence-electron chi connectivity index (χ3n) is 3.70. The van der Waals surface area contributed by atoms with Gasteiger partial charge in [-0.25, -0.2) is 0 Å². The summed E-state index contributed by atoms with van der Waals surface area (Å²) in [6.45, 7) is 1.81. The van der Waals surface area contributed by atoms with E-state index in [1.54, 1.807) is 0 Å². The van der Waals surface area contributed by atoms with Crippen LogP contribution in [-0.2, 0) is 4.79 Å². The van der Waals surface area contributed by atoms with E-state index in [2.05, 4.69) is 0 Å². The lowest BCUT2D eigenvalue weighted by atomic mass is 10.0. The summed E-state index contributed by atoms with van der Waals surface area (Å²) in [5, 5.41) is 0. The lowest BCUT2D eigenvalue weighted by Gasteiger charge is -2.26. The van der Waals surface area contributed by atoms with Gasteiger partial charge < -0.3 is 10.6 Å². The second kappa shape index (κ2) is 4.70. The molecule has 1 amide bonds. The zero-order valence-corrected chi connectivity index (χ0v) is 10.5. The number of hydrogen-bond donors (Lipinski definition) is 1. The van der Waals surface area contributed by atoms with Crippen molar-refractivity contribution in [3.05, 3.63) is 0 Å². The predicted octanol–water partition coefficient (Wildman–Crippen LogP) is 1.85. The molecule has 2 aliphatic rings. The van der Waals surface area contributed by atoms with Crippen LogP contribution in [0.25, 0.3) is 0 Å². The maximum absolute atomic E-state index is 11.9. The third kappa shape index (κ3) is 2.94. The summed E-state index contributed by atoms with van der Waals surface area (Å²) in [7, 11) is 0. The van der Waals surface area contributed by atoms with Crippen LogP contribution >= 0.6 is 12.2 Å². The number of rotatable bonds is 4. The lowest BCUT2D eigenvalue weighted by Crippen LogP contribution is -2.36. The summed E-state index contributed by atoms with van der Waals surface area (Å²) in [6, 6.07) is 0. The smallest absolute Gasteiger partial charge is 0.222 e. The van der Waals surface area contributed by atoms with Gasteiger partial charge in [0.2, 0.25) is 5.91 Å². The summed E-state index contributed by atoms with van der Waals surface area (Å²) in [5.74, 6) is 0.326. The zero-order valence-electron chi connectivity index (χ0n) is 9.71. The maximum Gasteiger partial charge on any atom is 0.222 e. The van der Waals surface area contributed by atoms with Crippen LogP contribution in [-0.4, -0.2) is 28.9 Å². The fourth-order valence-corrected chi connectivity index (χ4v) is 2.85. The Labute approximate surface area is 102 Å². The van der Waals surface area contributed by atoms with E-state index in [-0.39, 0.29) is 5.41 Å². The van der Waals surface area contributed by atoms with Crippen LogP contribution in [0.5, 0.6) is 0 Å². The van der Waals surface area contributed by atoms with Gasteiger partial charge in [-0.1, -0.05) is 18.6 Å². The first-order valence-corrected chi connectivity index (χ1v) is 6.58. The van der Waals surface area contributed by atoms with E-state index < -0.39 is 0 Å². The number of likely N-dealkylation sites (tertiary alicyclic amines) is 1. The highest BCUT2D eigenvalue weighted by atomic mass is 32.1.